The number of nitrogens with one attached hydrogen (secondary N) is 2. The maximum atomic E-state index is 11.9. The van der Waals surface area contributed by atoms with Crippen LogP contribution in [0.5, 0.6) is 11.5 Å². The van der Waals surface area contributed by atoms with E-state index in [-0.39, 0.29) is 6.54 Å². The van der Waals surface area contributed by atoms with Crippen molar-refractivity contribution in [2.24, 2.45) is 0 Å². The van der Waals surface area contributed by atoms with Crippen molar-refractivity contribution in [1.82, 2.24) is 5.32 Å². The number of hydrogen-bond donors (Lipinski definition) is 2. The number of carbonyl (C=O) groups is 2. The van der Waals surface area contributed by atoms with Crippen LogP contribution in [0.4, 0.5) is 5.69 Å². The molecule has 1 heterocycles. The fourth-order valence-corrected chi connectivity index (χ4v) is 2.08. The van der Waals surface area contributed by atoms with Gasteiger partial charge < -0.3 is 19.8 Å². The quantitative estimate of drug-likeness (QED) is 0.700. The van der Waals surface area contributed by atoms with Gasteiger partial charge in [-0.1, -0.05) is 18.2 Å². The molecule has 0 spiro atoms. The molecule has 0 aliphatic carbocycles. The van der Waals surface area contributed by atoms with E-state index in [1.165, 1.54) is 6.26 Å². The molecule has 25 heavy (non-hydrogen) atoms. The Morgan fingerprint density at radius 1 is 0.840 bits per heavy atom. The van der Waals surface area contributed by atoms with E-state index < -0.39 is 11.8 Å². The number of rotatable bonds is 5. The Hall–Kier alpha value is -3.54. The van der Waals surface area contributed by atoms with Crippen molar-refractivity contribution >= 4 is 17.5 Å². The lowest BCUT2D eigenvalue weighted by Gasteiger charge is -2.08. The van der Waals surface area contributed by atoms with Crippen molar-refractivity contribution < 1.29 is 18.7 Å². The normalized spacial score (nSPS) is 10.1. The van der Waals surface area contributed by atoms with E-state index in [2.05, 4.69) is 10.6 Å². The van der Waals surface area contributed by atoms with Gasteiger partial charge >= 0.3 is 11.8 Å². The number of amides is 2. The predicted octanol–water partition coefficient (Wildman–Crippen LogP) is 3.33. The van der Waals surface area contributed by atoms with Crippen LogP contribution in [0.3, 0.4) is 0 Å². The average Bonchev–Trinajstić information content (AvgIpc) is 3.16. The first-order chi connectivity index (χ1) is 12.2. The number of carbonyl (C=O) groups excluding carboxylic acids is 2. The third-order valence-corrected chi connectivity index (χ3v) is 3.30. The topological polar surface area (TPSA) is 80.6 Å². The minimum Gasteiger partial charge on any atom is -0.467 e. The van der Waals surface area contributed by atoms with Crippen molar-refractivity contribution in [3.05, 3.63) is 78.8 Å². The summed E-state index contributed by atoms with van der Waals surface area (Å²) in [4.78, 5) is 23.6. The van der Waals surface area contributed by atoms with Gasteiger partial charge in [0.15, 0.2) is 0 Å². The first-order valence-corrected chi connectivity index (χ1v) is 7.65. The molecule has 126 valence electrons. The molecule has 3 rings (SSSR count). The molecule has 0 atom stereocenters. The van der Waals surface area contributed by atoms with E-state index in [1.807, 2.05) is 30.3 Å². The van der Waals surface area contributed by atoms with E-state index in [1.54, 1.807) is 36.4 Å². The largest absolute Gasteiger partial charge is 0.467 e. The summed E-state index contributed by atoms with van der Waals surface area (Å²) in [6, 6.07) is 19.5. The lowest BCUT2D eigenvalue weighted by Crippen LogP contribution is -2.34. The molecule has 0 aliphatic heterocycles. The van der Waals surface area contributed by atoms with Crippen molar-refractivity contribution in [3.63, 3.8) is 0 Å². The molecule has 0 aliphatic rings. The molecule has 3 aromatic rings. The van der Waals surface area contributed by atoms with Crippen LogP contribution in [0.1, 0.15) is 5.76 Å². The van der Waals surface area contributed by atoms with Gasteiger partial charge in [0.1, 0.15) is 17.3 Å². The second-order valence-electron chi connectivity index (χ2n) is 5.16. The Balaban J connectivity index is 1.52. The molecule has 0 saturated heterocycles. The number of benzene rings is 2. The van der Waals surface area contributed by atoms with Gasteiger partial charge in [0.25, 0.3) is 0 Å². The lowest BCUT2D eigenvalue weighted by molar-refractivity contribution is -0.136. The molecule has 0 radical (unpaired) electrons. The maximum Gasteiger partial charge on any atom is 0.313 e. The first-order valence-electron chi connectivity index (χ1n) is 7.65. The zero-order valence-corrected chi connectivity index (χ0v) is 13.3. The van der Waals surface area contributed by atoms with Crippen LogP contribution in [0, 0.1) is 0 Å². The molecular formula is C19H16N2O4. The zero-order valence-electron chi connectivity index (χ0n) is 13.3. The third kappa shape index (κ3) is 4.71. The minimum atomic E-state index is -0.747. The van der Waals surface area contributed by atoms with Gasteiger partial charge in [0, 0.05) is 5.69 Å². The Labute approximate surface area is 144 Å². The zero-order chi connectivity index (χ0) is 17.5. The van der Waals surface area contributed by atoms with Crippen LogP contribution >= 0.6 is 0 Å². The van der Waals surface area contributed by atoms with Crippen molar-refractivity contribution in [1.29, 1.82) is 0 Å². The summed E-state index contributed by atoms with van der Waals surface area (Å²) in [7, 11) is 0. The molecule has 0 fully saturated rings. The molecule has 2 N–H and O–H groups in total. The lowest BCUT2D eigenvalue weighted by atomic mass is 10.3. The van der Waals surface area contributed by atoms with E-state index in [9.17, 15) is 9.59 Å². The second kappa shape index (κ2) is 7.83. The van der Waals surface area contributed by atoms with Gasteiger partial charge in [-0.15, -0.1) is 0 Å². The summed E-state index contributed by atoms with van der Waals surface area (Å²) < 4.78 is 10.7. The Morgan fingerprint density at radius 2 is 1.56 bits per heavy atom. The number of para-hydroxylation sites is 1. The van der Waals surface area contributed by atoms with Gasteiger partial charge in [-0.05, 0) is 48.5 Å². The molecule has 1 aromatic heterocycles. The fraction of sp³-hybridized carbons (Fsp3) is 0.0526. The summed E-state index contributed by atoms with van der Waals surface area (Å²) in [6.45, 7) is 0.156. The number of furan rings is 1. The molecule has 0 unspecified atom stereocenters. The standard InChI is InChI=1S/C19H16N2O4/c22-18(20-13-17-7-4-12-24-17)19(23)21-14-8-10-16(11-9-14)25-15-5-2-1-3-6-15/h1-12H,13H2,(H,20,22)(H,21,23). The number of anilines is 1. The van der Waals surface area contributed by atoms with E-state index >= 15 is 0 Å². The van der Waals surface area contributed by atoms with Crippen LogP contribution < -0.4 is 15.4 Å². The van der Waals surface area contributed by atoms with E-state index in [0.29, 0.717) is 17.2 Å². The SMILES string of the molecule is O=C(NCc1ccco1)C(=O)Nc1ccc(Oc2ccccc2)cc1. The van der Waals surface area contributed by atoms with Gasteiger partial charge in [-0.3, -0.25) is 9.59 Å². The van der Waals surface area contributed by atoms with Gasteiger partial charge in [-0.2, -0.15) is 0 Å². The van der Waals surface area contributed by atoms with Crippen molar-refractivity contribution in [3.8, 4) is 11.5 Å². The third-order valence-electron chi connectivity index (χ3n) is 3.30. The van der Waals surface area contributed by atoms with Crippen LogP contribution in [-0.2, 0) is 16.1 Å². The van der Waals surface area contributed by atoms with Crippen LogP contribution in [0.2, 0.25) is 0 Å². The molecule has 6 heteroatoms. The molecule has 0 bridgehead atoms. The fourth-order valence-electron chi connectivity index (χ4n) is 2.08. The van der Waals surface area contributed by atoms with Crippen LogP contribution in [-0.4, -0.2) is 11.8 Å². The Morgan fingerprint density at radius 3 is 2.24 bits per heavy atom. The van der Waals surface area contributed by atoms with E-state index in [0.717, 1.165) is 5.75 Å². The van der Waals surface area contributed by atoms with Gasteiger partial charge in [0.05, 0.1) is 12.8 Å². The predicted molar refractivity (Wildman–Crippen MR) is 92.1 cm³/mol. The number of ether oxygens (including phenoxy) is 1. The van der Waals surface area contributed by atoms with Gasteiger partial charge in [0.2, 0.25) is 0 Å². The van der Waals surface area contributed by atoms with Crippen LogP contribution in [0.25, 0.3) is 0 Å². The van der Waals surface area contributed by atoms with Crippen molar-refractivity contribution in [2.75, 3.05) is 5.32 Å². The van der Waals surface area contributed by atoms with Crippen LogP contribution in [0.15, 0.2) is 77.4 Å². The first kappa shape index (κ1) is 16.3. The summed E-state index contributed by atoms with van der Waals surface area (Å²) in [5.41, 5.74) is 0.499. The maximum absolute atomic E-state index is 11.9. The number of hydrogen-bond acceptors (Lipinski definition) is 4. The molecular weight excluding hydrogens is 320 g/mol. The molecule has 2 amide bonds. The highest BCUT2D eigenvalue weighted by molar-refractivity contribution is 6.39. The highest BCUT2D eigenvalue weighted by Gasteiger charge is 2.13. The molecule has 2 aromatic carbocycles. The highest BCUT2D eigenvalue weighted by Crippen LogP contribution is 2.22. The van der Waals surface area contributed by atoms with Gasteiger partial charge in [-0.25, -0.2) is 0 Å². The summed E-state index contributed by atoms with van der Waals surface area (Å²) >= 11 is 0. The average molecular weight is 336 g/mol. The van der Waals surface area contributed by atoms with Crippen molar-refractivity contribution in [2.45, 2.75) is 6.54 Å². The monoisotopic (exact) mass is 336 g/mol. The smallest absolute Gasteiger partial charge is 0.313 e. The second-order valence-corrected chi connectivity index (χ2v) is 5.16. The minimum absolute atomic E-state index is 0.156. The Kier molecular flexibility index (Phi) is 5.11. The Bertz CT molecular complexity index is 828. The summed E-state index contributed by atoms with van der Waals surface area (Å²) in [6.07, 6.45) is 1.50. The molecule has 6 nitrogen and oxygen atoms in total. The summed E-state index contributed by atoms with van der Waals surface area (Å²) in [5, 5.41) is 5.01. The summed E-state index contributed by atoms with van der Waals surface area (Å²) in [5.74, 6) is 0.441. The molecule has 0 saturated carbocycles. The van der Waals surface area contributed by atoms with E-state index in [4.69, 9.17) is 9.15 Å². The highest BCUT2D eigenvalue weighted by atomic mass is 16.5.